The molecule has 1 rings (SSSR count). The SMILES string of the molecule is C=CCN(CC=C)C(=O)C(N)Cc1ccccc1. The molecule has 1 atom stereocenters. The molecule has 1 aromatic carbocycles. The summed E-state index contributed by atoms with van der Waals surface area (Å²) in [5.74, 6) is -0.0707. The fraction of sp³-hybridized carbons (Fsp3) is 0.267. The van der Waals surface area contributed by atoms with E-state index >= 15 is 0 Å². The molecular weight excluding hydrogens is 224 g/mol. The van der Waals surface area contributed by atoms with Gasteiger partial charge in [0.2, 0.25) is 5.91 Å². The van der Waals surface area contributed by atoms with E-state index in [1.165, 1.54) is 0 Å². The highest BCUT2D eigenvalue weighted by Crippen LogP contribution is 2.04. The van der Waals surface area contributed by atoms with Crippen molar-refractivity contribution in [2.75, 3.05) is 13.1 Å². The maximum absolute atomic E-state index is 12.1. The number of amides is 1. The van der Waals surface area contributed by atoms with E-state index in [1.54, 1.807) is 17.1 Å². The van der Waals surface area contributed by atoms with Crippen LogP contribution in [0.4, 0.5) is 0 Å². The average Bonchev–Trinajstić information content (AvgIpc) is 2.39. The van der Waals surface area contributed by atoms with E-state index in [0.29, 0.717) is 19.5 Å². The van der Waals surface area contributed by atoms with E-state index in [4.69, 9.17) is 5.73 Å². The smallest absolute Gasteiger partial charge is 0.240 e. The molecule has 0 fully saturated rings. The second-order valence-electron chi connectivity index (χ2n) is 4.12. The van der Waals surface area contributed by atoms with Crippen LogP contribution in [-0.2, 0) is 11.2 Å². The Kier molecular flexibility index (Phi) is 5.88. The monoisotopic (exact) mass is 244 g/mol. The van der Waals surface area contributed by atoms with Crippen molar-refractivity contribution >= 4 is 5.91 Å². The second kappa shape index (κ2) is 7.45. The van der Waals surface area contributed by atoms with Gasteiger partial charge in [0.15, 0.2) is 0 Å². The van der Waals surface area contributed by atoms with Crippen LogP contribution in [0.15, 0.2) is 55.6 Å². The summed E-state index contributed by atoms with van der Waals surface area (Å²) < 4.78 is 0. The Morgan fingerprint density at radius 3 is 2.28 bits per heavy atom. The molecule has 3 heteroatoms. The summed E-state index contributed by atoms with van der Waals surface area (Å²) in [6.45, 7) is 8.27. The first-order chi connectivity index (χ1) is 8.69. The van der Waals surface area contributed by atoms with Gasteiger partial charge in [-0.1, -0.05) is 42.5 Å². The molecule has 0 aromatic heterocycles. The number of rotatable bonds is 7. The van der Waals surface area contributed by atoms with Gasteiger partial charge in [-0.25, -0.2) is 0 Å². The Bertz CT molecular complexity index is 390. The minimum atomic E-state index is -0.521. The van der Waals surface area contributed by atoms with E-state index in [0.717, 1.165) is 5.56 Å². The van der Waals surface area contributed by atoms with Crippen LogP contribution >= 0.6 is 0 Å². The minimum absolute atomic E-state index is 0.0707. The molecular formula is C15H20N2O. The molecule has 1 amide bonds. The van der Waals surface area contributed by atoms with Crippen molar-refractivity contribution in [2.24, 2.45) is 5.73 Å². The molecule has 3 nitrogen and oxygen atoms in total. The largest absolute Gasteiger partial charge is 0.334 e. The Labute approximate surface area is 109 Å². The minimum Gasteiger partial charge on any atom is -0.334 e. The summed E-state index contributed by atoms with van der Waals surface area (Å²) >= 11 is 0. The van der Waals surface area contributed by atoms with Gasteiger partial charge in [0.1, 0.15) is 0 Å². The van der Waals surface area contributed by atoms with Gasteiger partial charge in [-0.2, -0.15) is 0 Å². The van der Waals surface area contributed by atoms with E-state index in [-0.39, 0.29) is 5.91 Å². The van der Waals surface area contributed by atoms with Crippen molar-refractivity contribution in [1.82, 2.24) is 4.90 Å². The zero-order valence-electron chi connectivity index (χ0n) is 10.6. The molecule has 1 aromatic rings. The molecule has 96 valence electrons. The number of hydrogen-bond donors (Lipinski definition) is 1. The van der Waals surface area contributed by atoms with Gasteiger partial charge in [0, 0.05) is 13.1 Å². The van der Waals surface area contributed by atoms with Crippen LogP contribution < -0.4 is 5.73 Å². The molecule has 2 N–H and O–H groups in total. The van der Waals surface area contributed by atoms with Crippen molar-refractivity contribution in [3.05, 3.63) is 61.2 Å². The molecule has 0 aliphatic rings. The van der Waals surface area contributed by atoms with Crippen molar-refractivity contribution in [3.8, 4) is 0 Å². The van der Waals surface area contributed by atoms with Gasteiger partial charge in [0.05, 0.1) is 6.04 Å². The van der Waals surface area contributed by atoms with Gasteiger partial charge in [-0.3, -0.25) is 4.79 Å². The third-order valence-electron chi connectivity index (χ3n) is 2.63. The van der Waals surface area contributed by atoms with Gasteiger partial charge in [0.25, 0.3) is 0 Å². The maximum atomic E-state index is 12.1. The molecule has 18 heavy (non-hydrogen) atoms. The first-order valence-electron chi connectivity index (χ1n) is 5.99. The first-order valence-corrected chi connectivity index (χ1v) is 5.99. The lowest BCUT2D eigenvalue weighted by Gasteiger charge is -2.23. The molecule has 0 heterocycles. The number of nitrogens with zero attached hydrogens (tertiary/aromatic N) is 1. The highest BCUT2D eigenvalue weighted by molar-refractivity contribution is 5.82. The van der Waals surface area contributed by atoms with E-state index in [9.17, 15) is 4.79 Å². The van der Waals surface area contributed by atoms with Crippen molar-refractivity contribution in [3.63, 3.8) is 0 Å². The summed E-state index contributed by atoms with van der Waals surface area (Å²) in [5.41, 5.74) is 7.02. The molecule has 0 saturated carbocycles. The summed E-state index contributed by atoms with van der Waals surface area (Å²) in [6.07, 6.45) is 3.93. The highest BCUT2D eigenvalue weighted by atomic mass is 16.2. The third-order valence-corrected chi connectivity index (χ3v) is 2.63. The fourth-order valence-corrected chi connectivity index (χ4v) is 1.76. The number of benzene rings is 1. The topological polar surface area (TPSA) is 46.3 Å². The van der Waals surface area contributed by atoms with Crippen LogP contribution in [0.1, 0.15) is 5.56 Å². The van der Waals surface area contributed by atoms with Crippen molar-refractivity contribution in [1.29, 1.82) is 0 Å². The number of nitrogens with two attached hydrogens (primary N) is 1. The lowest BCUT2D eigenvalue weighted by atomic mass is 10.1. The maximum Gasteiger partial charge on any atom is 0.240 e. The van der Waals surface area contributed by atoms with Crippen LogP contribution in [-0.4, -0.2) is 29.9 Å². The quantitative estimate of drug-likeness (QED) is 0.743. The lowest BCUT2D eigenvalue weighted by Crippen LogP contribution is -2.45. The molecule has 1 unspecified atom stereocenters. The van der Waals surface area contributed by atoms with Gasteiger partial charge < -0.3 is 10.6 Å². The predicted octanol–water partition coefficient (Wildman–Crippen LogP) is 1.76. The predicted molar refractivity (Wildman–Crippen MR) is 75.1 cm³/mol. The number of carbonyl (C=O) groups excluding carboxylic acids is 1. The van der Waals surface area contributed by atoms with E-state index in [1.807, 2.05) is 30.3 Å². The average molecular weight is 244 g/mol. The first kappa shape index (κ1) is 14.2. The second-order valence-corrected chi connectivity index (χ2v) is 4.12. The summed E-state index contributed by atoms with van der Waals surface area (Å²) in [5, 5.41) is 0. The van der Waals surface area contributed by atoms with E-state index < -0.39 is 6.04 Å². The number of carbonyl (C=O) groups is 1. The van der Waals surface area contributed by atoms with Crippen LogP contribution in [0.25, 0.3) is 0 Å². The fourth-order valence-electron chi connectivity index (χ4n) is 1.76. The van der Waals surface area contributed by atoms with Crippen molar-refractivity contribution in [2.45, 2.75) is 12.5 Å². The van der Waals surface area contributed by atoms with Crippen LogP contribution in [0, 0.1) is 0 Å². The summed E-state index contributed by atoms with van der Waals surface area (Å²) in [6, 6.07) is 9.25. The standard InChI is InChI=1S/C15H20N2O/c1-3-10-17(11-4-2)15(18)14(16)12-13-8-6-5-7-9-13/h3-9,14H,1-2,10-12,16H2. The van der Waals surface area contributed by atoms with Crippen LogP contribution in [0.2, 0.25) is 0 Å². The van der Waals surface area contributed by atoms with Crippen molar-refractivity contribution < 1.29 is 4.79 Å². The Morgan fingerprint density at radius 1 is 1.22 bits per heavy atom. The van der Waals surface area contributed by atoms with Gasteiger partial charge in [-0.15, -0.1) is 13.2 Å². The zero-order chi connectivity index (χ0) is 13.4. The molecule has 0 saturated heterocycles. The van der Waals surface area contributed by atoms with E-state index in [2.05, 4.69) is 13.2 Å². The molecule has 0 radical (unpaired) electrons. The van der Waals surface area contributed by atoms with Crippen LogP contribution in [0.5, 0.6) is 0 Å². The molecule has 0 spiro atoms. The normalized spacial score (nSPS) is 11.6. The third kappa shape index (κ3) is 4.18. The summed E-state index contributed by atoms with van der Waals surface area (Å²) in [7, 11) is 0. The highest BCUT2D eigenvalue weighted by Gasteiger charge is 2.19. The van der Waals surface area contributed by atoms with Gasteiger partial charge in [-0.05, 0) is 12.0 Å². The Hall–Kier alpha value is -1.87. The number of hydrogen-bond acceptors (Lipinski definition) is 2. The Morgan fingerprint density at radius 2 is 1.78 bits per heavy atom. The Balaban J connectivity index is 2.64. The molecule has 0 aliphatic carbocycles. The lowest BCUT2D eigenvalue weighted by molar-refractivity contribution is -0.131. The van der Waals surface area contributed by atoms with Crippen LogP contribution in [0.3, 0.4) is 0 Å². The molecule has 0 bridgehead atoms. The molecule has 0 aliphatic heterocycles. The summed E-state index contributed by atoms with van der Waals surface area (Å²) in [4.78, 5) is 13.8. The van der Waals surface area contributed by atoms with Gasteiger partial charge >= 0.3 is 0 Å². The zero-order valence-corrected chi connectivity index (χ0v) is 10.6.